The molecule has 29 heavy (non-hydrogen) atoms. The van der Waals surface area contributed by atoms with Gasteiger partial charge in [-0.05, 0) is 42.7 Å². The van der Waals surface area contributed by atoms with Gasteiger partial charge >= 0.3 is 5.97 Å². The minimum atomic E-state index is -1.18. The van der Waals surface area contributed by atoms with E-state index in [2.05, 4.69) is 10.2 Å². The Labute approximate surface area is 169 Å². The maximum absolute atomic E-state index is 12.5. The number of phenols is 1. The molecule has 3 rings (SSSR count). The Kier molecular flexibility index (Phi) is 6.85. The number of nitrogens with one attached hydrogen (secondary N) is 1. The molecule has 0 bridgehead atoms. The molecule has 1 saturated heterocycles. The van der Waals surface area contributed by atoms with E-state index in [1.807, 2.05) is 19.1 Å². The number of benzene rings is 2. The fraction of sp³-hybridized carbons (Fsp3) is 0.364. The number of ether oxygens (including phenoxy) is 1. The van der Waals surface area contributed by atoms with Crippen molar-refractivity contribution in [2.45, 2.75) is 25.9 Å². The molecule has 1 fully saturated rings. The first-order valence-electron chi connectivity index (χ1n) is 9.68. The smallest absolute Gasteiger partial charge is 0.339 e. The maximum Gasteiger partial charge on any atom is 0.339 e. The van der Waals surface area contributed by atoms with E-state index in [-0.39, 0.29) is 23.3 Å². The number of rotatable bonds is 7. The molecule has 1 aliphatic rings. The zero-order valence-corrected chi connectivity index (χ0v) is 16.4. The quantitative estimate of drug-likeness (QED) is 0.662. The summed E-state index contributed by atoms with van der Waals surface area (Å²) in [6.07, 6.45) is 0.327. The van der Waals surface area contributed by atoms with Crippen LogP contribution in [-0.4, -0.2) is 59.3 Å². The normalized spacial score (nSPS) is 15.6. The first-order chi connectivity index (χ1) is 13.9. The van der Waals surface area contributed by atoms with Gasteiger partial charge in [-0.25, -0.2) is 4.79 Å². The van der Waals surface area contributed by atoms with Crippen LogP contribution in [0.25, 0.3) is 0 Å². The highest BCUT2D eigenvalue weighted by Crippen LogP contribution is 2.23. The van der Waals surface area contributed by atoms with E-state index in [4.69, 9.17) is 9.84 Å². The number of aromatic hydroxyl groups is 1. The SMILES string of the molecule is C[C@H](Cc1cccc(C(=O)O)c1O)NC(=O)c1ccc(CN2CCOCC2)cc1. The van der Waals surface area contributed by atoms with Gasteiger partial charge in [0.25, 0.3) is 5.91 Å². The number of morpholine rings is 1. The Morgan fingerprint density at radius 3 is 2.48 bits per heavy atom. The van der Waals surface area contributed by atoms with E-state index in [9.17, 15) is 14.7 Å². The number of carboxylic acids is 1. The van der Waals surface area contributed by atoms with Crippen molar-refractivity contribution in [2.24, 2.45) is 0 Å². The van der Waals surface area contributed by atoms with Gasteiger partial charge in [-0.1, -0.05) is 24.3 Å². The second-order valence-electron chi connectivity index (χ2n) is 7.28. The van der Waals surface area contributed by atoms with Crippen molar-refractivity contribution in [1.29, 1.82) is 0 Å². The molecule has 0 aromatic heterocycles. The van der Waals surface area contributed by atoms with E-state index in [0.29, 0.717) is 17.5 Å². The minimum Gasteiger partial charge on any atom is -0.507 e. The van der Waals surface area contributed by atoms with Crippen molar-refractivity contribution in [3.05, 3.63) is 64.7 Å². The van der Waals surface area contributed by atoms with Crippen LogP contribution in [0.2, 0.25) is 0 Å². The fourth-order valence-electron chi connectivity index (χ4n) is 3.40. The minimum absolute atomic E-state index is 0.142. The Bertz CT molecular complexity index is 860. The summed E-state index contributed by atoms with van der Waals surface area (Å²) in [5, 5.41) is 22.1. The predicted octanol–water partition coefficient (Wildman–Crippen LogP) is 2.28. The van der Waals surface area contributed by atoms with Gasteiger partial charge in [0.2, 0.25) is 0 Å². The van der Waals surface area contributed by atoms with E-state index in [0.717, 1.165) is 38.4 Å². The number of amides is 1. The van der Waals surface area contributed by atoms with Gasteiger partial charge in [0.15, 0.2) is 0 Å². The van der Waals surface area contributed by atoms with E-state index >= 15 is 0 Å². The molecule has 1 atom stereocenters. The van der Waals surface area contributed by atoms with Gasteiger partial charge in [0.1, 0.15) is 11.3 Å². The number of carboxylic acid groups (broad SMARTS) is 1. The number of aromatic carboxylic acids is 1. The Hall–Kier alpha value is -2.90. The standard InChI is InChI=1S/C22H26N2O5/c1-15(13-18-3-2-4-19(20(18)25)22(27)28)23-21(26)17-7-5-16(6-8-17)14-24-9-11-29-12-10-24/h2-8,15,25H,9-14H2,1H3,(H,23,26)(H,27,28)/t15-/m1/s1. The Morgan fingerprint density at radius 1 is 1.14 bits per heavy atom. The van der Waals surface area contributed by atoms with Gasteiger partial charge in [0, 0.05) is 31.2 Å². The summed E-state index contributed by atoms with van der Waals surface area (Å²) in [5.74, 6) is -1.64. The van der Waals surface area contributed by atoms with Crippen molar-refractivity contribution in [3.63, 3.8) is 0 Å². The Balaban J connectivity index is 1.57. The van der Waals surface area contributed by atoms with Crippen LogP contribution < -0.4 is 5.32 Å². The molecule has 1 aliphatic heterocycles. The van der Waals surface area contributed by atoms with Crippen LogP contribution in [0.4, 0.5) is 0 Å². The number of carbonyl (C=O) groups excluding carboxylic acids is 1. The molecule has 0 spiro atoms. The summed E-state index contributed by atoms with van der Waals surface area (Å²) in [4.78, 5) is 26.0. The molecule has 3 N–H and O–H groups in total. The monoisotopic (exact) mass is 398 g/mol. The molecular weight excluding hydrogens is 372 g/mol. The Morgan fingerprint density at radius 2 is 1.83 bits per heavy atom. The largest absolute Gasteiger partial charge is 0.507 e. The van der Waals surface area contributed by atoms with Crippen molar-refractivity contribution in [2.75, 3.05) is 26.3 Å². The number of para-hydroxylation sites is 1. The average Bonchev–Trinajstić information content (AvgIpc) is 2.70. The van der Waals surface area contributed by atoms with Crippen LogP contribution >= 0.6 is 0 Å². The second-order valence-corrected chi connectivity index (χ2v) is 7.28. The van der Waals surface area contributed by atoms with Crippen molar-refractivity contribution in [3.8, 4) is 5.75 Å². The van der Waals surface area contributed by atoms with Crippen LogP contribution in [-0.2, 0) is 17.7 Å². The molecule has 2 aromatic carbocycles. The molecule has 0 radical (unpaired) electrons. The molecule has 2 aromatic rings. The highest BCUT2D eigenvalue weighted by atomic mass is 16.5. The summed E-state index contributed by atoms with van der Waals surface area (Å²) < 4.78 is 5.35. The lowest BCUT2D eigenvalue weighted by molar-refractivity contribution is 0.0342. The first kappa shape index (κ1) is 20.8. The lowest BCUT2D eigenvalue weighted by Crippen LogP contribution is -2.35. The molecule has 0 saturated carbocycles. The number of hydrogen-bond donors (Lipinski definition) is 3. The topological polar surface area (TPSA) is 99.1 Å². The van der Waals surface area contributed by atoms with E-state index in [1.165, 1.54) is 6.07 Å². The molecule has 154 valence electrons. The van der Waals surface area contributed by atoms with Gasteiger partial charge < -0.3 is 20.3 Å². The van der Waals surface area contributed by atoms with Crippen LogP contribution in [0, 0.1) is 0 Å². The summed E-state index contributed by atoms with van der Waals surface area (Å²) in [6.45, 7) is 5.98. The first-order valence-corrected chi connectivity index (χ1v) is 9.68. The summed E-state index contributed by atoms with van der Waals surface area (Å²) in [5.41, 5.74) is 2.05. The third kappa shape index (κ3) is 5.56. The molecule has 0 aliphatic carbocycles. The molecule has 1 heterocycles. The van der Waals surface area contributed by atoms with Crippen LogP contribution in [0.5, 0.6) is 5.75 Å². The second kappa shape index (κ2) is 9.54. The molecule has 7 heteroatoms. The predicted molar refractivity (Wildman–Crippen MR) is 108 cm³/mol. The lowest BCUT2D eigenvalue weighted by Gasteiger charge is -2.26. The highest BCUT2D eigenvalue weighted by molar-refractivity contribution is 5.94. The summed E-state index contributed by atoms with van der Waals surface area (Å²) in [7, 11) is 0. The number of carbonyl (C=O) groups is 2. The number of hydrogen-bond acceptors (Lipinski definition) is 5. The zero-order valence-electron chi connectivity index (χ0n) is 16.4. The zero-order chi connectivity index (χ0) is 20.8. The summed E-state index contributed by atoms with van der Waals surface area (Å²) in [6, 6.07) is 11.8. The van der Waals surface area contributed by atoms with Crippen molar-refractivity contribution >= 4 is 11.9 Å². The van der Waals surface area contributed by atoms with Gasteiger partial charge in [-0.2, -0.15) is 0 Å². The van der Waals surface area contributed by atoms with Crippen LogP contribution in [0.3, 0.4) is 0 Å². The highest BCUT2D eigenvalue weighted by Gasteiger charge is 2.17. The van der Waals surface area contributed by atoms with Crippen LogP contribution in [0.1, 0.15) is 38.8 Å². The van der Waals surface area contributed by atoms with Gasteiger partial charge in [-0.3, -0.25) is 9.69 Å². The molecule has 7 nitrogen and oxygen atoms in total. The van der Waals surface area contributed by atoms with Gasteiger partial charge in [-0.15, -0.1) is 0 Å². The lowest BCUT2D eigenvalue weighted by atomic mass is 10.0. The van der Waals surface area contributed by atoms with Gasteiger partial charge in [0.05, 0.1) is 13.2 Å². The maximum atomic E-state index is 12.5. The fourth-order valence-corrected chi connectivity index (χ4v) is 3.40. The van der Waals surface area contributed by atoms with E-state index in [1.54, 1.807) is 24.3 Å². The van der Waals surface area contributed by atoms with E-state index < -0.39 is 5.97 Å². The molecular formula is C22H26N2O5. The average molecular weight is 398 g/mol. The van der Waals surface area contributed by atoms with Crippen molar-refractivity contribution in [1.82, 2.24) is 10.2 Å². The third-order valence-electron chi connectivity index (χ3n) is 4.98. The number of nitrogens with zero attached hydrogens (tertiary/aromatic N) is 1. The molecule has 1 amide bonds. The van der Waals surface area contributed by atoms with Crippen molar-refractivity contribution < 1.29 is 24.5 Å². The third-order valence-corrected chi connectivity index (χ3v) is 4.98. The molecule has 0 unspecified atom stereocenters. The van der Waals surface area contributed by atoms with Crippen LogP contribution in [0.15, 0.2) is 42.5 Å². The summed E-state index contributed by atoms with van der Waals surface area (Å²) >= 11 is 0.